The van der Waals surface area contributed by atoms with Gasteiger partial charge in [-0.25, -0.2) is 18.1 Å². The SMILES string of the molecule is COc1ccncc1-c1cc2c(cnn2-c2cc(N3C[C@H](CS(C)(=O)=O)[C@H]3C)cc(NC3CC3)n2)c(C)n1. The first-order valence-electron chi connectivity index (χ1n) is 12.8. The van der Waals surface area contributed by atoms with E-state index in [0.29, 0.717) is 24.2 Å². The highest BCUT2D eigenvalue weighted by Gasteiger charge is 2.38. The van der Waals surface area contributed by atoms with Gasteiger partial charge in [0.2, 0.25) is 0 Å². The number of aromatic nitrogens is 5. The first kappa shape index (κ1) is 24.6. The smallest absolute Gasteiger partial charge is 0.158 e. The summed E-state index contributed by atoms with van der Waals surface area (Å²) in [6.45, 7) is 4.74. The number of hydrogen-bond donors (Lipinski definition) is 1. The number of fused-ring (bicyclic) bond motifs is 1. The maximum absolute atomic E-state index is 11.9. The highest BCUT2D eigenvalue weighted by molar-refractivity contribution is 7.90. The van der Waals surface area contributed by atoms with Crippen molar-refractivity contribution in [1.82, 2.24) is 24.7 Å². The van der Waals surface area contributed by atoms with E-state index in [2.05, 4.69) is 28.2 Å². The van der Waals surface area contributed by atoms with Crippen LogP contribution < -0.4 is 15.0 Å². The average molecular weight is 534 g/mol. The molecule has 1 aliphatic carbocycles. The molecule has 1 N–H and O–H groups in total. The van der Waals surface area contributed by atoms with Gasteiger partial charge < -0.3 is 15.0 Å². The minimum Gasteiger partial charge on any atom is -0.496 e. The van der Waals surface area contributed by atoms with Crippen molar-refractivity contribution in [3.05, 3.63) is 48.5 Å². The molecule has 10 nitrogen and oxygen atoms in total. The quantitative estimate of drug-likeness (QED) is 0.362. The molecule has 0 unspecified atom stereocenters. The van der Waals surface area contributed by atoms with Crippen molar-refractivity contribution in [1.29, 1.82) is 0 Å². The third-order valence-electron chi connectivity index (χ3n) is 7.43. The Balaban J connectivity index is 1.42. The maximum Gasteiger partial charge on any atom is 0.158 e. The fourth-order valence-corrected chi connectivity index (χ4v) is 6.31. The molecule has 2 atom stereocenters. The molecule has 6 rings (SSSR count). The lowest BCUT2D eigenvalue weighted by atomic mass is 9.91. The van der Waals surface area contributed by atoms with Crippen LogP contribution in [0.3, 0.4) is 0 Å². The van der Waals surface area contributed by atoms with E-state index in [4.69, 9.17) is 19.8 Å². The first-order chi connectivity index (χ1) is 18.2. The van der Waals surface area contributed by atoms with E-state index in [1.165, 1.54) is 6.26 Å². The van der Waals surface area contributed by atoms with Crippen LogP contribution >= 0.6 is 0 Å². The molecular weight excluding hydrogens is 502 g/mol. The second kappa shape index (κ2) is 9.23. The monoisotopic (exact) mass is 533 g/mol. The Labute approximate surface area is 222 Å². The molecule has 0 radical (unpaired) electrons. The topological polar surface area (TPSA) is 115 Å². The van der Waals surface area contributed by atoms with Gasteiger partial charge in [0.15, 0.2) is 5.82 Å². The lowest BCUT2D eigenvalue weighted by Gasteiger charge is -2.48. The van der Waals surface area contributed by atoms with E-state index in [1.807, 2.05) is 36.0 Å². The molecule has 0 bridgehead atoms. The zero-order valence-electron chi connectivity index (χ0n) is 21.9. The number of aryl methyl sites for hydroxylation is 1. The molecule has 2 fully saturated rings. The zero-order chi connectivity index (χ0) is 26.6. The van der Waals surface area contributed by atoms with Crippen molar-refractivity contribution in [2.45, 2.75) is 38.8 Å². The molecule has 0 spiro atoms. The van der Waals surface area contributed by atoms with E-state index in [-0.39, 0.29) is 17.7 Å². The van der Waals surface area contributed by atoms with Crippen molar-refractivity contribution < 1.29 is 13.2 Å². The molecule has 0 aromatic carbocycles. The van der Waals surface area contributed by atoms with Gasteiger partial charge in [-0.1, -0.05) is 0 Å². The molecule has 198 valence electrons. The van der Waals surface area contributed by atoms with Crippen LogP contribution in [-0.2, 0) is 9.84 Å². The Morgan fingerprint density at radius 2 is 1.97 bits per heavy atom. The summed E-state index contributed by atoms with van der Waals surface area (Å²) >= 11 is 0. The molecule has 5 heterocycles. The van der Waals surface area contributed by atoms with Crippen LogP contribution in [0.4, 0.5) is 11.5 Å². The van der Waals surface area contributed by atoms with E-state index in [0.717, 1.165) is 52.2 Å². The minimum atomic E-state index is -3.03. The fraction of sp³-hybridized carbons (Fsp3) is 0.407. The number of sulfone groups is 1. The molecule has 1 aliphatic heterocycles. The lowest BCUT2D eigenvalue weighted by molar-refractivity contribution is 0.341. The molecule has 4 aromatic rings. The summed E-state index contributed by atoms with van der Waals surface area (Å²) in [7, 11) is -1.39. The van der Waals surface area contributed by atoms with Crippen molar-refractivity contribution >= 4 is 32.2 Å². The van der Waals surface area contributed by atoms with Gasteiger partial charge in [0.05, 0.1) is 35.8 Å². The van der Waals surface area contributed by atoms with Gasteiger partial charge in [0.1, 0.15) is 21.4 Å². The summed E-state index contributed by atoms with van der Waals surface area (Å²) in [6, 6.07) is 8.44. The average Bonchev–Trinajstić information content (AvgIpc) is 3.59. The number of nitrogens with zero attached hydrogens (tertiary/aromatic N) is 6. The predicted octanol–water partition coefficient (Wildman–Crippen LogP) is 3.64. The van der Waals surface area contributed by atoms with E-state index in [9.17, 15) is 8.42 Å². The van der Waals surface area contributed by atoms with Gasteiger partial charge in [-0.3, -0.25) is 9.97 Å². The van der Waals surface area contributed by atoms with Crippen molar-refractivity contribution in [2.24, 2.45) is 5.92 Å². The third-order valence-corrected chi connectivity index (χ3v) is 8.46. The number of pyridine rings is 3. The molecule has 2 aliphatic rings. The standard InChI is InChI=1S/C27H31N7O3S/c1-16-21-13-29-34(24(21)11-23(30-16)22-12-28-8-7-25(22)37-3)27-10-20(9-26(32-27)31-19-5-6-19)33-14-18(17(33)2)15-38(4,35)36/h7-13,17-19H,5-6,14-15H2,1-4H3,(H,31,32)/t17-,18-/m1/s1. The van der Waals surface area contributed by atoms with Crippen LogP contribution in [-0.4, -0.2) is 70.9 Å². The van der Waals surface area contributed by atoms with E-state index < -0.39 is 9.84 Å². The van der Waals surface area contributed by atoms with Gasteiger partial charge in [0.25, 0.3) is 0 Å². The normalized spacial score (nSPS) is 19.4. The van der Waals surface area contributed by atoms with Crippen LogP contribution in [0.1, 0.15) is 25.5 Å². The summed E-state index contributed by atoms with van der Waals surface area (Å²) in [5.74, 6) is 2.49. The van der Waals surface area contributed by atoms with Crippen LogP contribution in [0.25, 0.3) is 28.0 Å². The molecule has 1 saturated heterocycles. The Morgan fingerprint density at radius 3 is 2.68 bits per heavy atom. The molecule has 0 amide bonds. The third kappa shape index (κ3) is 4.66. The molecule has 38 heavy (non-hydrogen) atoms. The molecule has 11 heteroatoms. The Hall–Kier alpha value is -3.73. The second-order valence-corrected chi connectivity index (χ2v) is 12.6. The maximum atomic E-state index is 11.9. The summed E-state index contributed by atoms with van der Waals surface area (Å²) in [5.41, 5.74) is 4.28. The van der Waals surface area contributed by atoms with Gasteiger partial charge >= 0.3 is 0 Å². The fourth-order valence-electron chi connectivity index (χ4n) is 5.15. The number of ether oxygens (including phenoxy) is 1. The van der Waals surface area contributed by atoms with Crippen LogP contribution in [0, 0.1) is 12.8 Å². The minimum absolute atomic E-state index is 0.109. The predicted molar refractivity (Wildman–Crippen MR) is 148 cm³/mol. The van der Waals surface area contributed by atoms with Gasteiger partial charge in [0, 0.05) is 72.1 Å². The van der Waals surface area contributed by atoms with E-state index in [1.54, 1.807) is 19.5 Å². The number of hydrogen-bond acceptors (Lipinski definition) is 9. The lowest BCUT2D eigenvalue weighted by Crippen LogP contribution is -2.57. The Kier molecular flexibility index (Phi) is 5.97. The number of methoxy groups -OCH3 is 1. The Morgan fingerprint density at radius 1 is 1.16 bits per heavy atom. The van der Waals surface area contributed by atoms with Gasteiger partial charge in [-0.05, 0) is 38.8 Å². The summed E-state index contributed by atoms with van der Waals surface area (Å²) in [4.78, 5) is 16.2. The summed E-state index contributed by atoms with van der Waals surface area (Å²) in [5, 5.41) is 9.17. The summed E-state index contributed by atoms with van der Waals surface area (Å²) < 4.78 is 31.1. The Bertz CT molecular complexity index is 1630. The highest BCUT2D eigenvalue weighted by Crippen LogP contribution is 2.36. The van der Waals surface area contributed by atoms with Crippen molar-refractivity contribution in [2.75, 3.05) is 35.9 Å². The summed E-state index contributed by atoms with van der Waals surface area (Å²) in [6.07, 6.45) is 8.83. The number of nitrogens with one attached hydrogen (secondary N) is 1. The highest BCUT2D eigenvalue weighted by atomic mass is 32.2. The second-order valence-electron chi connectivity index (χ2n) is 10.4. The zero-order valence-corrected chi connectivity index (χ0v) is 22.7. The van der Waals surface area contributed by atoms with Gasteiger partial charge in [-0.2, -0.15) is 5.10 Å². The van der Waals surface area contributed by atoms with Gasteiger partial charge in [-0.15, -0.1) is 0 Å². The first-order valence-corrected chi connectivity index (χ1v) is 14.8. The molecule has 4 aromatic heterocycles. The molecular formula is C27H31N7O3S. The molecule has 1 saturated carbocycles. The van der Waals surface area contributed by atoms with Crippen LogP contribution in [0.2, 0.25) is 0 Å². The van der Waals surface area contributed by atoms with E-state index >= 15 is 0 Å². The van der Waals surface area contributed by atoms with Crippen molar-refractivity contribution in [3.8, 4) is 22.8 Å². The largest absolute Gasteiger partial charge is 0.496 e. The van der Waals surface area contributed by atoms with Crippen molar-refractivity contribution in [3.63, 3.8) is 0 Å². The van der Waals surface area contributed by atoms with Crippen LogP contribution in [0.5, 0.6) is 5.75 Å². The number of rotatable bonds is 8. The number of anilines is 2. The van der Waals surface area contributed by atoms with Crippen LogP contribution in [0.15, 0.2) is 42.9 Å².